The second kappa shape index (κ2) is 6.81. The second-order valence-electron chi connectivity index (χ2n) is 6.62. The zero-order valence-electron chi connectivity index (χ0n) is 13.2. The summed E-state index contributed by atoms with van der Waals surface area (Å²) in [6.07, 6.45) is 3.53. The van der Waals surface area contributed by atoms with Crippen LogP contribution in [0.4, 0.5) is 0 Å². The van der Waals surface area contributed by atoms with Crippen molar-refractivity contribution in [3.8, 4) is 0 Å². The van der Waals surface area contributed by atoms with Crippen LogP contribution < -0.4 is 0 Å². The van der Waals surface area contributed by atoms with E-state index in [9.17, 15) is 4.79 Å². The number of aromatic nitrogens is 3. The minimum Gasteiger partial charge on any atom is -0.481 e. The fourth-order valence-electron chi connectivity index (χ4n) is 3.37. The van der Waals surface area contributed by atoms with Crippen molar-refractivity contribution >= 4 is 17.7 Å². The van der Waals surface area contributed by atoms with E-state index in [0.717, 1.165) is 23.8 Å². The van der Waals surface area contributed by atoms with E-state index in [1.165, 1.54) is 18.2 Å². The van der Waals surface area contributed by atoms with Gasteiger partial charge in [-0.1, -0.05) is 39.5 Å². The predicted octanol–water partition coefficient (Wildman–Crippen LogP) is 3.58. The van der Waals surface area contributed by atoms with Gasteiger partial charge in [-0.15, -0.1) is 10.2 Å². The fourth-order valence-corrected chi connectivity index (χ4v) is 4.10. The van der Waals surface area contributed by atoms with Crippen molar-refractivity contribution in [3.63, 3.8) is 0 Å². The van der Waals surface area contributed by atoms with E-state index in [1.807, 2.05) is 0 Å². The monoisotopic (exact) mass is 311 g/mol. The number of thioether (sulfide) groups is 1. The maximum absolute atomic E-state index is 10.8. The van der Waals surface area contributed by atoms with Gasteiger partial charge in [0.25, 0.3) is 0 Å². The molecule has 0 spiro atoms. The highest BCUT2D eigenvalue weighted by Crippen LogP contribution is 2.39. The smallest absolute Gasteiger partial charge is 0.313 e. The average Bonchev–Trinajstić information content (AvgIpc) is 2.78. The topological polar surface area (TPSA) is 68.0 Å². The van der Waals surface area contributed by atoms with Crippen molar-refractivity contribution in [1.29, 1.82) is 0 Å². The Morgan fingerprint density at radius 3 is 2.43 bits per heavy atom. The lowest BCUT2D eigenvalue weighted by Crippen LogP contribution is -2.25. The van der Waals surface area contributed by atoms with E-state index in [2.05, 4.69) is 42.5 Å². The lowest BCUT2D eigenvalue weighted by Gasteiger charge is -2.33. The third kappa shape index (κ3) is 3.99. The molecule has 118 valence electrons. The molecule has 1 aromatic heterocycles. The number of carbonyl (C=O) groups is 1. The van der Waals surface area contributed by atoms with Crippen LogP contribution in [0.3, 0.4) is 0 Å². The number of nitrogens with zero attached hydrogens (tertiary/aromatic N) is 3. The van der Waals surface area contributed by atoms with E-state index in [4.69, 9.17) is 5.11 Å². The first kappa shape index (κ1) is 16.3. The molecule has 1 fully saturated rings. The minimum absolute atomic E-state index is 0.0358. The molecular formula is C15H25N3O2S. The maximum Gasteiger partial charge on any atom is 0.313 e. The molecule has 21 heavy (non-hydrogen) atoms. The van der Waals surface area contributed by atoms with E-state index < -0.39 is 5.97 Å². The van der Waals surface area contributed by atoms with Gasteiger partial charge < -0.3 is 9.67 Å². The molecular weight excluding hydrogens is 286 g/mol. The highest BCUT2D eigenvalue weighted by Gasteiger charge is 2.29. The molecule has 1 heterocycles. The number of aliphatic carboxylic acids is 1. The van der Waals surface area contributed by atoms with Gasteiger partial charge in [-0.2, -0.15) is 0 Å². The SMILES string of the molecule is CC1CC(C)CC(n2c(SCC(=O)O)nnc2C(C)C)C1. The molecule has 6 heteroatoms. The van der Waals surface area contributed by atoms with Crippen molar-refractivity contribution in [1.82, 2.24) is 14.8 Å². The summed E-state index contributed by atoms with van der Waals surface area (Å²) in [4.78, 5) is 10.8. The van der Waals surface area contributed by atoms with Crippen LogP contribution in [0.1, 0.15) is 64.7 Å². The van der Waals surface area contributed by atoms with Crippen LogP contribution in [-0.4, -0.2) is 31.6 Å². The normalized spacial score (nSPS) is 26.2. The molecule has 2 unspecified atom stereocenters. The Balaban J connectivity index is 2.29. The van der Waals surface area contributed by atoms with Crippen molar-refractivity contribution in [2.24, 2.45) is 11.8 Å². The summed E-state index contributed by atoms with van der Waals surface area (Å²) in [6.45, 7) is 8.82. The van der Waals surface area contributed by atoms with Gasteiger partial charge in [-0.25, -0.2) is 0 Å². The Labute approximate surface area is 130 Å². The molecule has 2 atom stereocenters. The summed E-state index contributed by atoms with van der Waals surface area (Å²) in [5.41, 5.74) is 0. The van der Waals surface area contributed by atoms with Gasteiger partial charge in [0.2, 0.25) is 0 Å². The Kier molecular flexibility index (Phi) is 5.30. The molecule has 1 aromatic rings. The highest BCUT2D eigenvalue weighted by atomic mass is 32.2. The van der Waals surface area contributed by atoms with Gasteiger partial charge in [0.1, 0.15) is 5.82 Å². The molecule has 1 saturated carbocycles. The number of hydrogen-bond acceptors (Lipinski definition) is 4. The van der Waals surface area contributed by atoms with Crippen LogP contribution in [0.5, 0.6) is 0 Å². The predicted molar refractivity (Wildman–Crippen MR) is 83.7 cm³/mol. The van der Waals surface area contributed by atoms with Crippen LogP contribution >= 0.6 is 11.8 Å². The fraction of sp³-hybridized carbons (Fsp3) is 0.800. The van der Waals surface area contributed by atoms with Gasteiger partial charge in [0.15, 0.2) is 5.16 Å². The first-order chi connectivity index (χ1) is 9.88. The summed E-state index contributed by atoms with van der Waals surface area (Å²) in [5, 5.41) is 18.2. The molecule has 5 nitrogen and oxygen atoms in total. The van der Waals surface area contributed by atoms with Crippen LogP contribution in [-0.2, 0) is 4.79 Å². The second-order valence-corrected chi connectivity index (χ2v) is 7.56. The Morgan fingerprint density at radius 2 is 1.90 bits per heavy atom. The van der Waals surface area contributed by atoms with E-state index in [0.29, 0.717) is 23.8 Å². The summed E-state index contributed by atoms with van der Waals surface area (Å²) in [6, 6.07) is 0.396. The summed E-state index contributed by atoms with van der Waals surface area (Å²) in [7, 11) is 0. The van der Waals surface area contributed by atoms with Crippen LogP contribution in [0.25, 0.3) is 0 Å². The third-order valence-electron chi connectivity index (χ3n) is 4.05. The van der Waals surface area contributed by atoms with Crippen LogP contribution in [0, 0.1) is 11.8 Å². The first-order valence-electron chi connectivity index (χ1n) is 7.67. The lowest BCUT2D eigenvalue weighted by molar-refractivity contribution is -0.133. The third-order valence-corrected chi connectivity index (χ3v) is 4.98. The Hall–Kier alpha value is -1.04. The van der Waals surface area contributed by atoms with Gasteiger partial charge >= 0.3 is 5.97 Å². The van der Waals surface area contributed by atoms with Crippen molar-refractivity contribution < 1.29 is 9.90 Å². The molecule has 0 saturated heterocycles. The van der Waals surface area contributed by atoms with Gasteiger partial charge in [-0.05, 0) is 31.1 Å². The van der Waals surface area contributed by atoms with Gasteiger partial charge in [-0.3, -0.25) is 4.79 Å². The van der Waals surface area contributed by atoms with Crippen molar-refractivity contribution in [3.05, 3.63) is 5.82 Å². The van der Waals surface area contributed by atoms with Gasteiger partial charge in [0.05, 0.1) is 5.75 Å². The molecule has 0 radical (unpaired) electrons. The quantitative estimate of drug-likeness (QED) is 0.842. The lowest BCUT2D eigenvalue weighted by atomic mass is 9.80. The molecule has 1 aliphatic rings. The largest absolute Gasteiger partial charge is 0.481 e. The van der Waals surface area contributed by atoms with E-state index in [-0.39, 0.29) is 5.75 Å². The molecule has 0 aromatic carbocycles. The number of carboxylic acid groups (broad SMARTS) is 1. The van der Waals surface area contributed by atoms with Gasteiger partial charge in [0, 0.05) is 12.0 Å². The van der Waals surface area contributed by atoms with E-state index >= 15 is 0 Å². The Morgan fingerprint density at radius 1 is 1.29 bits per heavy atom. The molecule has 0 bridgehead atoms. The average molecular weight is 311 g/mol. The molecule has 0 aliphatic heterocycles. The van der Waals surface area contributed by atoms with Crippen LogP contribution in [0.2, 0.25) is 0 Å². The molecule has 2 rings (SSSR count). The zero-order valence-corrected chi connectivity index (χ0v) is 14.1. The summed E-state index contributed by atoms with van der Waals surface area (Å²) in [5.74, 6) is 1.88. The summed E-state index contributed by atoms with van der Waals surface area (Å²) < 4.78 is 2.21. The number of rotatable bonds is 5. The summed E-state index contributed by atoms with van der Waals surface area (Å²) >= 11 is 1.28. The Bertz CT molecular complexity index is 491. The van der Waals surface area contributed by atoms with E-state index in [1.54, 1.807) is 0 Å². The maximum atomic E-state index is 10.8. The van der Waals surface area contributed by atoms with Crippen LogP contribution in [0.15, 0.2) is 5.16 Å². The molecule has 0 amide bonds. The molecule has 1 aliphatic carbocycles. The van der Waals surface area contributed by atoms with Crippen molar-refractivity contribution in [2.45, 2.75) is 64.1 Å². The standard InChI is InChI=1S/C15H25N3O2S/c1-9(2)14-16-17-15(21-8-13(19)20)18(14)12-6-10(3)5-11(4)7-12/h9-12H,5-8H2,1-4H3,(H,19,20). The minimum atomic E-state index is -0.814. The first-order valence-corrected chi connectivity index (χ1v) is 8.66. The number of carboxylic acids is 1. The molecule has 1 N–H and O–H groups in total. The zero-order chi connectivity index (χ0) is 15.6. The van der Waals surface area contributed by atoms with Crippen molar-refractivity contribution in [2.75, 3.05) is 5.75 Å². The highest BCUT2D eigenvalue weighted by molar-refractivity contribution is 7.99. The number of hydrogen-bond donors (Lipinski definition) is 1.